The second-order valence-electron chi connectivity index (χ2n) is 5.97. The predicted molar refractivity (Wildman–Crippen MR) is 92.1 cm³/mol. The Morgan fingerprint density at radius 1 is 1.07 bits per heavy atom. The first-order valence-electron chi connectivity index (χ1n) is 8.57. The number of ether oxygens (including phenoxy) is 2. The molecule has 12 nitrogen and oxygen atoms in total. The molecule has 156 valence electrons. The molecular weight excluding hydrogens is 376 g/mol. The molecule has 4 amide bonds. The largest absolute Gasteiger partial charge is 0.464 e. The van der Waals surface area contributed by atoms with Crippen LogP contribution in [0.1, 0.15) is 27.7 Å². The smallest absolute Gasteiger partial charge is 0.338 e. The molecular formula is C16H24N4O8. The number of carbonyl (C=O) groups excluding carboxylic acids is 6. The molecule has 0 aromatic carbocycles. The molecule has 4 atom stereocenters. The van der Waals surface area contributed by atoms with Gasteiger partial charge in [0.25, 0.3) is 11.8 Å². The van der Waals surface area contributed by atoms with Gasteiger partial charge in [0.05, 0.1) is 13.2 Å². The molecule has 0 aromatic heterocycles. The first-order valence-corrected chi connectivity index (χ1v) is 8.57. The third-order valence-corrected chi connectivity index (χ3v) is 3.59. The Hall–Kier alpha value is -3.02. The van der Waals surface area contributed by atoms with E-state index >= 15 is 0 Å². The predicted octanol–water partition coefficient (Wildman–Crippen LogP) is -2.60. The number of esters is 1. The van der Waals surface area contributed by atoms with Crippen LogP contribution in [0.3, 0.4) is 0 Å². The standard InChI is InChI=1S/C16H24N4O8/c1-5-27-16(26)12-11(28-12)15(25)20(6-7-21)19-14(24)9(3)18-13(23)8(2)17-10(4)22/h7-9,11-12H,5-6H2,1-4H3,(H,17,22)(H,18,23)(H,19,24)/t8-,9-,11+,12+/m0/s1. The van der Waals surface area contributed by atoms with E-state index in [0.717, 1.165) is 0 Å². The van der Waals surface area contributed by atoms with Crippen LogP contribution < -0.4 is 16.1 Å². The van der Waals surface area contributed by atoms with Gasteiger partial charge in [-0.05, 0) is 20.8 Å². The maximum atomic E-state index is 12.3. The second-order valence-corrected chi connectivity index (χ2v) is 5.97. The van der Waals surface area contributed by atoms with Gasteiger partial charge in [0.1, 0.15) is 18.4 Å². The lowest BCUT2D eigenvalue weighted by molar-refractivity contribution is -0.146. The summed E-state index contributed by atoms with van der Waals surface area (Å²) in [7, 11) is 0. The summed E-state index contributed by atoms with van der Waals surface area (Å²) in [5.41, 5.74) is 2.19. The van der Waals surface area contributed by atoms with E-state index in [1.165, 1.54) is 20.8 Å². The number of nitrogens with one attached hydrogen (secondary N) is 3. The Kier molecular flexibility index (Phi) is 8.51. The maximum absolute atomic E-state index is 12.3. The van der Waals surface area contributed by atoms with Crippen molar-refractivity contribution in [3.05, 3.63) is 0 Å². The lowest BCUT2D eigenvalue weighted by atomic mass is 10.2. The summed E-state index contributed by atoms with van der Waals surface area (Å²) >= 11 is 0. The second kappa shape index (κ2) is 10.3. The molecule has 1 aliphatic rings. The van der Waals surface area contributed by atoms with E-state index in [9.17, 15) is 28.8 Å². The molecule has 0 aliphatic carbocycles. The summed E-state index contributed by atoms with van der Waals surface area (Å²) in [6, 6.07) is -1.95. The number of epoxide rings is 1. The number of rotatable bonds is 9. The molecule has 0 bridgehead atoms. The Labute approximate surface area is 161 Å². The molecule has 1 rings (SSSR count). The average Bonchev–Trinajstić information content (AvgIpc) is 3.40. The van der Waals surface area contributed by atoms with E-state index in [4.69, 9.17) is 9.47 Å². The van der Waals surface area contributed by atoms with Crippen LogP contribution in [0.5, 0.6) is 0 Å². The number of aldehydes is 1. The van der Waals surface area contributed by atoms with E-state index < -0.39 is 60.4 Å². The highest BCUT2D eigenvalue weighted by atomic mass is 16.6. The summed E-state index contributed by atoms with van der Waals surface area (Å²) in [6.07, 6.45) is -1.87. The van der Waals surface area contributed by atoms with E-state index in [2.05, 4.69) is 16.1 Å². The van der Waals surface area contributed by atoms with Gasteiger partial charge >= 0.3 is 5.97 Å². The SMILES string of the molecule is CCOC(=O)[C@@H]1O[C@H]1C(=O)N(CC=O)NC(=O)[C@H](C)NC(=O)[C@H](C)NC(C)=O. The highest BCUT2D eigenvalue weighted by Crippen LogP contribution is 2.25. The van der Waals surface area contributed by atoms with Gasteiger partial charge in [0.15, 0.2) is 12.2 Å². The molecule has 28 heavy (non-hydrogen) atoms. The van der Waals surface area contributed by atoms with Crippen molar-refractivity contribution in [1.29, 1.82) is 0 Å². The summed E-state index contributed by atoms with van der Waals surface area (Å²) in [5, 5.41) is 5.42. The number of amides is 4. The number of carbonyl (C=O) groups is 6. The number of nitrogens with zero attached hydrogens (tertiary/aromatic N) is 1. The van der Waals surface area contributed by atoms with Gasteiger partial charge in [-0.15, -0.1) is 0 Å². The highest BCUT2D eigenvalue weighted by Gasteiger charge is 2.53. The fourth-order valence-electron chi connectivity index (χ4n) is 2.13. The summed E-state index contributed by atoms with van der Waals surface area (Å²) in [4.78, 5) is 69.8. The quantitative estimate of drug-likeness (QED) is 0.164. The van der Waals surface area contributed by atoms with Crippen molar-refractivity contribution in [2.24, 2.45) is 0 Å². The van der Waals surface area contributed by atoms with Crippen molar-refractivity contribution in [3.63, 3.8) is 0 Å². The lowest BCUT2D eigenvalue weighted by Gasteiger charge is -2.23. The molecule has 1 aliphatic heterocycles. The van der Waals surface area contributed by atoms with E-state index in [0.29, 0.717) is 11.3 Å². The van der Waals surface area contributed by atoms with Gasteiger partial charge in [-0.2, -0.15) is 0 Å². The van der Waals surface area contributed by atoms with Crippen LogP contribution in [0.25, 0.3) is 0 Å². The van der Waals surface area contributed by atoms with Gasteiger partial charge in [-0.3, -0.25) is 24.6 Å². The maximum Gasteiger partial charge on any atom is 0.338 e. The van der Waals surface area contributed by atoms with Crippen LogP contribution in [0, 0.1) is 0 Å². The monoisotopic (exact) mass is 400 g/mol. The third-order valence-electron chi connectivity index (χ3n) is 3.59. The zero-order valence-electron chi connectivity index (χ0n) is 16.0. The molecule has 3 N–H and O–H groups in total. The van der Waals surface area contributed by atoms with E-state index in [-0.39, 0.29) is 6.61 Å². The summed E-state index contributed by atoms with van der Waals surface area (Å²) in [6.45, 7) is 5.26. The van der Waals surface area contributed by atoms with Gasteiger partial charge in [-0.25, -0.2) is 9.80 Å². The van der Waals surface area contributed by atoms with Gasteiger partial charge in [0, 0.05) is 6.92 Å². The topological polar surface area (TPSA) is 164 Å². The molecule has 0 saturated carbocycles. The van der Waals surface area contributed by atoms with Crippen molar-refractivity contribution < 1.29 is 38.2 Å². The average molecular weight is 400 g/mol. The Morgan fingerprint density at radius 3 is 2.21 bits per heavy atom. The highest BCUT2D eigenvalue weighted by molar-refractivity contribution is 5.96. The van der Waals surface area contributed by atoms with Crippen LogP contribution in [0.4, 0.5) is 0 Å². The van der Waals surface area contributed by atoms with Crippen LogP contribution in [-0.2, 0) is 38.2 Å². The van der Waals surface area contributed by atoms with Crippen molar-refractivity contribution in [3.8, 4) is 0 Å². The van der Waals surface area contributed by atoms with Crippen molar-refractivity contribution in [2.75, 3.05) is 13.2 Å². The first-order chi connectivity index (χ1) is 13.1. The first kappa shape index (κ1) is 23.0. The fourth-order valence-corrected chi connectivity index (χ4v) is 2.13. The van der Waals surface area contributed by atoms with Crippen molar-refractivity contribution >= 4 is 35.9 Å². The van der Waals surface area contributed by atoms with Gasteiger partial charge < -0.3 is 24.9 Å². The number of hydrazine groups is 1. The molecule has 1 fully saturated rings. The molecule has 0 radical (unpaired) electrons. The minimum atomic E-state index is -1.16. The Bertz CT molecular complexity index is 653. The lowest BCUT2D eigenvalue weighted by Crippen LogP contribution is -2.56. The molecule has 0 spiro atoms. The van der Waals surface area contributed by atoms with E-state index in [1.807, 2.05) is 0 Å². The van der Waals surface area contributed by atoms with Crippen LogP contribution in [0.15, 0.2) is 0 Å². The van der Waals surface area contributed by atoms with E-state index in [1.54, 1.807) is 6.92 Å². The van der Waals surface area contributed by atoms with Crippen LogP contribution in [0.2, 0.25) is 0 Å². The number of hydrogen-bond donors (Lipinski definition) is 3. The third kappa shape index (κ3) is 6.61. The minimum absolute atomic E-state index is 0.114. The molecule has 1 heterocycles. The van der Waals surface area contributed by atoms with Gasteiger partial charge in [-0.1, -0.05) is 0 Å². The van der Waals surface area contributed by atoms with Gasteiger partial charge in [0.2, 0.25) is 11.8 Å². The molecule has 0 unspecified atom stereocenters. The normalized spacial score (nSPS) is 19.4. The molecule has 0 aromatic rings. The Balaban J connectivity index is 2.63. The molecule has 12 heteroatoms. The Morgan fingerprint density at radius 2 is 1.68 bits per heavy atom. The summed E-state index contributed by atoms with van der Waals surface area (Å²) < 4.78 is 9.68. The minimum Gasteiger partial charge on any atom is -0.464 e. The fraction of sp³-hybridized carbons (Fsp3) is 0.625. The molecule has 1 saturated heterocycles. The van der Waals surface area contributed by atoms with Crippen molar-refractivity contribution in [1.82, 2.24) is 21.1 Å². The van der Waals surface area contributed by atoms with Crippen molar-refractivity contribution in [2.45, 2.75) is 52.0 Å². The number of hydrogen-bond acceptors (Lipinski definition) is 8. The zero-order valence-corrected chi connectivity index (χ0v) is 16.0. The zero-order chi connectivity index (χ0) is 21.4. The summed E-state index contributed by atoms with van der Waals surface area (Å²) in [5.74, 6) is -3.33. The van der Waals surface area contributed by atoms with Crippen LogP contribution >= 0.6 is 0 Å². The van der Waals surface area contributed by atoms with Crippen LogP contribution in [-0.4, -0.2) is 78.3 Å².